The van der Waals surface area contributed by atoms with Crippen LogP contribution in [-0.4, -0.2) is 19.8 Å². The van der Waals surface area contributed by atoms with Crippen molar-refractivity contribution in [2.45, 2.75) is 6.92 Å². The first-order valence-corrected chi connectivity index (χ1v) is 3.00. The van der Waals surface area contributed by atoms with E-state index in [0.29, 0.717) is 0 Å². The molecule has 0 aliphatic heterocycles. The summed E-state index contributed by atoms with van der Waals surface area (Å²) in [6.07, 6.45) is 3.47. The molecule has 0 N–H and O–H groups in total. The quantitative estimate of drug-likeness (QED) is 0.524. The van der Waals surface area contributed by atoms with Gasteiger partial charge in [-0.3, -0.25) is 0 Å². The zero-order valence-electron chi connectivity index (χ0n) is 5.52. The first-order chi connectivity index (χ1) is 4.86. The maximum atomic E-state index is 4.17. The highest BCUT2D eigenvalue weighted by Crippen LogP contribution is 1.96. The number of nitrogens with zero attached hydrogens (tertiary/aromatic N) is 4. The van der Waals surface area contributed by atoms with Gasteiger partial charge in [0, 0.05) is 11.9 Å². The lowest BCUT2D eigenvalue weighted by molar-refractivity contribution is 0.843. The molecule has 0 radical (unpaired) electrons. The third kappa shape index (κ3) is 0.655. The van der Waals surface area contributed by atoms with Gasteiger partial charge in [-0.1, -0.05) is 5.21 Å². The lowest BCUT2D eigenvalue weighted by Gasteiger charge is -1.90. The molecule has 50 valence electrons. The molecule has 0 aliphatic rings. The molecule has 0 saturated heterocycles. The van der Waals surface area contributed by atoms with Gasteiger partial charge in [-0.05, 0) is 13.0 Å². The van der Waals surface area contributed by atoms with Crippen LogP contribution in [0.2, 0.25) is 0 Å². The smallest absolute Gasteiger partial charge is 0.175 e. The van der Waals surface area contributed by atoms with Crippen LogP contribution >= 0.6 is 0 Å². The Morgan fingerprint density at radius 3 is 3.30 bits per heavy atom. The van der Waals surface area contributed by atoms with E-state index in [4.69, 9.17) is 0 Å². The maximum Gasteiger partial charge on any atom is 0.175 e. The fourth-order valence-corrected chi connectivity index (χ4v) is 0.821. The Labute approximate surface area is 57.5 Å². The number of hydrogen-bond donors (Lipinski definition) is 0. The third-order valence-corrected chi connectivity index (χ3v) is 1.30. The summed E-state index contributed by atoms with van der Waals surface area (Å²) in [5.74, 6) is 0. The van der Waals surface area contributed by atoms with E-state index in [9.17, 15) is 0 Å². The molecule has 2 aromatic rings. The van der Waals surface area contributed by atoms with E-state index < -0.39 is 0 Å². The first-order valence-electron chi connectivity index (χ1n) is 3.00. The average Bonchev–Trinajstić information content (AvgIpc) is 2.33. The highest BCUT2D eigenvalue weighted by molar-refractivity contribution is 5.32. The van der Waals surface area contributed by atoms with E-state index >= 15 is 0 Å². The molecule has 0 fully saturated rings. The van der Waals surface area contributed by atoms with E-state index in [1.807, 2.05) is 19.2 Å². The summed E-state index contributed by atoms with van der Waals surface area (Å²) < 4.78 is 1.63. The molecule has 0 amide bonds. The molecule has 0 aromatic carbocycles. The number of aryl methyl sites for hydroxylation is 1. The van der Waals surface area contributed by atoms with Gasteiger partial charge in [0.1, 0.15) is 0 Å². The standard InChI is InChI=1S/C6H6N4/c1-5-2-3-10-6(8-5)4-7-9-10/h2-4H,1H3. The van der Waals surface area contributed by atoms with E-state index in [-0.39, 0.29) is 0 Å². The zero-order valence-corrected chi connectivity index (χ0v) is 5.52. The Hall–Kier alpha value is -1.45. The minimum absolute atomic E-state index is 0.792. The molecule has 2 rings (SSSR count). The molecule has 4 nitrogen and oxygen atoms in total. The summed E-state index contributed by atoms with van der Waals surface area (Å²) in [5.41, 5.74) is 1.77. The van der Waals surface area contributed by atoms with Crippen LogP contribution < -0.4 is 0 Å². The van der Waals surface area contributed by atoms with E-state index in [2.05, 4.69) is 15.3 Å². The highest BCUT2D eigenvalue weighted by atomic mass is 15.4. The maximum absolute atomic E-state index is 4.17. The predicted molar refractivity (Wildman–Crippen MR) is 35.5 cm³/mol. The molecule has 2 aromatic heterocycles. The Bertz CT molecular complexity index is 351. The summed E-state index contributed by atoms with van der Waals surface area (Å²) in [4.78, 5) is 4.17. The van der Waals surface area contributed by atoms with Crippen molar-refractivity contribution in [1.82, 2.24) is 19.8 Å². The van der Waals surface area contributed by atoms with Gasteiger partial charge in [0.15, 0.2) is 5.65 Å². The van der Waals surface area contributed by atoms with Crippen LogP contribution in [0, 0.1) is 6.92 Å². The topological polar surface area (TPSA) is 43.1 Å². The Balaban J connectivity index is 2.86. The summed E-state index contributed by atoms with van der Waals surface area (Å²) >= 11 is 0. The molecule has 0 unspecified atom stereocenters. The van der Waals surface area contributed by atoms with Crippen molar-refractivity contribution < 1.29 is 0 Å². The summed E-state index contributed by atoms with van der Waals surface area (Å²) in [5, 5.41) is 7.46. The normalized spacial score (nSPS) is 10.5. The van der Waals surface area contributed by atoms with Crippen molar-refractivity contribution in [3.05, 3.63) is 24.2 Å². The number of rotatable bonds is 0. The van der Waals surface area contributed by atoms with Crippen molar-refractivity contribution in [2.24, 2.45) is 0 Å². The van der Waals surface area contributed by atoms with Gasteiger partial charge in [-0.15, -0.1) is 5.10 Å². The Morgan fingerprint density at radius 2 is 2.40 bits per heavy atom. The van der Waals surface area contributed by atoms with Crippen LogP contribution in [0.4, 0.5) is 0 Å². The summed E-state index contributed by atoms with van der Waals surface area (Å²) in [6, 6.07) is 1.89. The van der Waals surface area contributed by atoms with Gasteiger partial charge < -0.3 is 0 Å². The fraction of sp³-hybridized carbons (Fsp3) is 0.167. The molecule has 0 atom stereocenters. The highest BCUT2D eigenvalue weighted by Gasteiger charge is 1.92. The monoisotopic (exact) mass is 134 g/mol. The van der Waals surface area contributed by atoms with Crippen LogP contribution in [0.15, 0.2) is 18.5 Å². The second kappa shape index (κ2) is 1.76. The second-order valence-corrected chi connectivity index (χ2v) is 2.11. The SMILES string of the molecule is Cc1ccn2nncc2n1. The third-order valence-electron chi connectivity index (χ3n) is 1.30. The van der Waals surface area contributed by atoms with Gasteiger partial charge in [-0.25, -0.2) is 9.50 Å². The molecular weight excluding hydrogens is 128 g/mol. The van der Waals surface area contributed by atoms with Crippen LogP contribution in [0.25, 0.3) is 5.65 Å². The van der Waals surface area contributed by atoms with Gasteiger partial charge in [-0.2, -0.15) is 0 Å². The molecule has 0 aliphatic carbocycles. The zero-order chi connectivity index (χ0) is 6.97. The van der Waals surface area contributed by atoms with Crippen molar-refractivity contribution in [3.63, 3.8) is 0 Å². The molecule has 2 heterocycles. The largest absolute Gasteiger partial charge is 0.232 e. The van der Waals surface area contributed by atoms with E-state index in [1.165, 1.54) is 0 Å². The number of hydrogen-bond acceptors (Lipinski definition) is 3. The van der Waals surface area contributed by atoms with Crippen LogP contribution in [0.3, 0.4) is 0 Å². The van der Waals surface area contributed by atoms with Gasteiger partial charge in [0.2, 0.25) is 0 Å². The Morgan fingerprint density at radius 1 is 1.50 bits per heavy atom. The molecular formula is C6H6N4. The first kappa shape index (κ1) is 5.34. The van der Waals surface area contributed by atoms with Crippen LogP contribution in [0.5, 0.6) is 0 Å². The lowest BCUT2D eigenvalue weighted by atomic mass is 10.4. The second-order valence-electron chi connectivity index (χ2n) is 2.11. The molecule has 0 spiro atoms. The van der Waals surface area contributed by atoms with Gasteiger partial charge in [0.05, 0.1) is 6.20 Å². The number of aromatic nitrogens is 4. The minimum Gasteiger partial charge on any atom is -0.232 e. The van der Waals surface area contributed by atoms with Crippen molar-refractivity contribution >= 4 is 5.65 Å². The molecule has 0 bridgehead atoms. The van der Waals surface area contributed by atoms with E-state index in [1.54, 1.807) is 10.7 Å². The van der Waals surface area contributed by atoms with Gasteiger partial charge >= 0.3 is 0 Å². The van der Waals surface area contributed by atoms with Gasteiger partial charge in [0.25, 0.3) is 0 Å². The van der Waals surface area contributed by atoms with Crippen LogP contribution in [-0.2, 0) is 0 Å². The fourth-order valence-electron chi connectivity index (χ4n) is 0.821. The van der Waals surface area contributed by atoms with Crippen molar-refractivity contribution in [1.29, 1.82) is 0 Å². The molecule has 4 heteroatoms. The molecule has 0 saturated carbocycles. The Kier molecular flexibility index (Phi) is 0.943. The van der Waals surface area contributed by atoms with Crippen molar-refractivity contribution in [3.8, 4) is 0 Å². The minimum atomic E-state index is 0.792. The average molecular weight is 134 g/mol. The number of fused-ring (bicyclic) bond motifs is 1. The lowest BCUT2D eigenvalue weighted by Crippen LogP contribution is -1.90. The summed E-state index contributed by atoms with van der Waals surface area (Å²) in [6.45, 7) is 1.94. The summed E-state index contributed by atoms with van der Waals surface area (Å²) in [7, 11) is 0. The van der Waals surface area contributed by atoms with E-state index in [0.717, 1.165) is 11.3 Å². The van der Waals surface area contributed by atoms with Crippen LogP contribution in [0.1, 0.15) is 5.69 Å². The van der Waals surface area contributed by atoms with Crippen molar-refractivity contribution in [2.75, 3.05) is 0 Å². The molecule has 10 heavy (non-hydrogen) atoms. The predicted octanol–water partition coefficient (Wildman–Crippen LogP) is 0.433.